The third-order valence-electron chi connectivity index (χ3n) is 1.89. The van der Waals surface area contributed by atoms with Crippen LogP contribution < -0.4 is 5.19 Å². The van der Waals surface area contributed by atoms with Crippen LogP contribution in [-0.4, -0.2) is 42.4 Å². The molecule has 7 heteroatoms. The minimum atomic E-state index is -1.23. The lowest BCUT2D eigenvalue weighted by atomic mass is 10.1. The zero-order chi connectivity index (χ0) is 11.4. The van der Waals surface area contributed by atoms with E-state index in [2.05, 4.69) is 0 Å². The highest BCUT2D eigenvalue weighted by Gasteiger charge is 2.19. The third-order valence-corrected chi connectivity index (χ3v) is 3.95. The van der Waals surface area contributed by atoms with E-state index in [0.717, 1.165) is 0 Å². The third kappa shape index (κ3) is 2.52. The summed E-state index contributed by atoms with van der Waals surface area (Å²) in [7, 11) is -0.575. The van der Waals surface area contributed by atoms with Crippen LogP contribution in [0.15, 0.2) is 18.2 Å². The molecule has 0 saturated heterocycles. The first-order valence-electron chi connectivity index (χ1n) is 4.15. The topological polar surface area (TPSA) is 83.8 Å². The molecule has 0 radical (unpaired) electrons. The molecule has 0 aromatic heterocycles. The first-order valence-corrected chi connectivity index (χ1v) is 6.25. The van der Waals surface area contributed by atoms with E-state index in [1.807, 2.05) is 0 Å². The fourth-order valence-corrected chi connectivity index (χ4v) is 3.27. The molecule has 15 heavy (non-hydrogen) atoms. The molecule has 0 atom stereocenters. The molecule has 0 saturated carbocycles. The maximum atomic E-state index is 10.9. The molecule has 5 nitrogen and oxygen atoms in total. The smallest absolute Gasteiger partial charge is 0.336 e. The molecule has 0 fully saturated rings. The molecule has 1 rings (SSSR count). The van der Waals surface area contributed by atoms with E-state index in [9.17, 15) is 9.59 Å². The summed E-state index contributed by atoms with van der Waals surface area (Å²) in [6.07, 6.45) is 0. The van der Waals surface area contributed by atoms with E-state index >= 15 is 0 Å². The molecular formula is C8H10O5Si2. The summed E-state index contributed by atoms with van der Waals surface area (Å²) in [6, 6.07) is 4.44. The van der Waals surface area contributed by atoms with Gasteiger partial charge in [-0.1, -0.05) is 12.1 Å². The average Bonchev–Trinajstić information content (AvgIpc) is 2.17. The second kappa shape index (κ2) is 4.87. The Morgan fingerprint density at radius 3 is 2.40 bits per heavy atom. The summed E-state index contributed by atoms with van der Waals surface area (Å²) in [4.78, 5) is 21.7. The number of hydrogen-bond donors (Lipinski definition) is 2. The van der Waals surface area contributed by atoms with Crippen molar-refractivity contribution in [2.75, 3.05) is 0 Å². The normalized spacial score (nSPS) is 10.9. The van der Waals surface area contributed by atoms with Crippen LogP contribution in [0.1, 0.15) is 20.7 Å². The Labute approximate surface area is 91.2 Å². The number of rotatable bonds is 4. The van der Waals surface area contributed by atoms with Gasteiger partial charge in [-0.2, -0.15) is 0 Å². The van der Waals surface area contributed by atoms with E-state index < -0.39 is 21.7 Å². The quantitative estimate of drug-likeness (QED) is 0.602. The van der Waals surface area contributed by atoms with Gasteiger partial charge < -0.3 is 14.3 Å². The van der Waals surface area contributed by atoms with Crippen molar-refractivity contribution in [1.29, 1.82) is 0 Å². The minimum absolute atomic E-state index is 0.132. The predicted molar refractivity (Wildman–Crippen MR) is 59.6 cm³/mol. The van der Waals surface area contributed by atoms with Crippen molar-refractivity contribution in [3.8, 4) is 0 Å². The zero-order valence-corrected chi connectivity index (χ0v) is 11.5. The van der Waals surface area contributed by atoms with E-state index in [-0.39, 0.29) is 11.1 Å². The molecule has 1 aromatic rings. The van der Waals surface area contributed by atoms with Crippen molar-refractivity contribution in [3.05, 3.63) is 29.3 Å². The molecule has 1 aromatic carbocycles. The van der Waals surface area contributed by atoms with Crippen molar-refractivity contribution < 1.29 is 23.9 Å². The van der Waals surface area contributed by atoms with Crippen LogP contribution in [0.3, 0.4) is 0 Å². The molecule has 0 aliphatic carbocycles. The minimum Gasteiger partial charge on any atom is -0.478 e. The molecule has 0 unspecified atom stereocenters. The maximum absolute atomic E-state index is 10.9. The Morgan fingerprint density at radius 1 is 1.27 bits per heavy atom. The van der Waals surface area contributed by atoms with E-state index in [1.165, 1.54) is 6.07 Å². The van der Waals surface area contributed by atoms with Gasteiger partial charge in [0.1, 0.15) is 10.5 Å². The van der Waals surface area contributed by atoms with E-state index in [0.29, 0.717) is 15.7 Å². The monoisotopic (exact) mass is 242 g/mol. The van der Waals surface area contributed by atoms with Gasteiger partial charge in [0.15, 0.2) is 9.76 Å². The van der Waals surface area contributed by atoms with Crippen molar-refractivity contribution in [3.63, 3.8) is 0 Å². The van der Waals surface area contributed by atoms with Gasteiger partial charge in [0, 0.05) is 0 Å². The van der Waals surface area contributed by atoms with Crippen molar-refractivity contribution >= 4 is 37.4 Å². The highest BCUT2D eigenvalue weighted by molar-refractivity contribution is 6.53. The summed E-state index contributed by atoms with van der Waals surface area (Å²) in [5.41, 5.74) is -0.307. The van der Waals surface area contributed by atoms with Gasteiger partial charge in [0.05, 0.1) is 11.1 Å². The Morgan fingerprint density at radius 2 is 1.93 bits per heavy atom. The van der Waals surface area contributed by atoms with Crippen LogP contribution in [0.2, 0.25) is 0 Å². The number of carboxylic acids is 2. The molecule has 0 aliphatic rings. The number of hydrogen-bond acceptors (Lipinski definition) is 3. The van der Waals surface area contributed by atoms with Gasteiger partial charge in [-0.25, -0.2) is 9.59 Å². The van der Waals surface area contributed by atoms with Crippen molar-refractivity contribution in [2.45, 2.75) is 0 Å². The van der Waals surface area contributed by atoms with Gasteiger partial charge in [-0.05, 0) is 11.3 Å². The summed E-state index contributed by atoms with van der Waals surface area (Å²) in [5, 5.41) is 18.3. The lowest BCUT2D eigenvalue weighted by Crippen LogP contribution is -2.27. The average molecular weight is 242 g/mol. The Balaban J connectivity index is 3.34. The van der Waals surface area contributed by atoms with E-state index in [1.54, 1.807) is 12.1 Å². The number of carbonyl (C=O) groups is 2. The summed E-state index contributed by atoms with van der Waals surface area (Å²) in [5.74, 6) is -2.44. The first kappa shape index (κ1) is 11.6. The first-order chi connectivity index (χ1) is 7.07. The molecule has 0 heterocycles. The largest absolute Gasteiger partial charge is 0.478 e. The van der Waals surface area contributed by atoms with Gasteiger partial charge in [-0.3, -0.25) is 0 Å². The molecule has 2 N–H and O–H groups in total. The number of aromatic carboxylic acids is 2. The van der Waals surface area contributed by atoms with Crippen LogP contribution in [0.25, 0.3) is 0 Å². The van der Waals surface area contributed by atoms with Gasteiger partial charge in [0.2, 0.25) is 0 Å². The fraction of sp³-hybridized carbons (Fsp3) is 0. The molecule has 0 amide bonds. The highest BCUT2D eigenvalue weighted by Crippen LogP contribution is 2.06. The van der Waals surface area contributed by atoms with E-state index in [4.69, 9.17) is 14.3 Å². The van der Waals surface area contributed by atoms with Crippen LogP contribution in [-0.2, 0) is 4.12 Å². The Kier molecular flexibility index (Phi) is 3.77. The molecule has 0 aliphatic heterocycles. The second-order valence-electron chi connectivity index (χ2n) is 2.88. The van der Waals surface area contributed by atoms with Crippen molar-refractivity contribution in [2.24, 2.45) is 0 Å². The van der Waals surface area contributed by atoms with Crippen LogP contribution in [0.5, 0.6) is 0 Å². The SMILES string of the molecule is O=C(O)c1cccc([SiH2]O[SiH3])c1C(=O)O. The van der Waals surface area contributed by atoms with Gasteiger partial charge >= 0.3 is 11.9 Å². The summed E-state index contributed by atoms with van der Waals surface area (Å²) >= 11 is 0. The highest BCUT2D eigenvalue weighted by atomic mass is 28.3. The molecule has 80 valence electrons. The summed E-state index contributed by atoms with van der Waals surface area (Å²) < 4.78 is 5.07. The van der Waals surface area contributed by atoms with Crippen LogP contribution in [0, 0.1) is 0 Å². The Bertz CT molecular complexity index is 404. The maximum Gasteiger partial charge on any atom is 0.336 e. The van der Waals surface area contributed by atoms with Crippen molar-refractivity contribution in [1.82, 2.24) is 0 Å². The number of carboxylic acid groups (broad SMARTS) is 2. The Hall–Kier alpha value is -1.45. The lowest BCUT2D eigenvalue weighted by Gasteiger charge is -2.07. The molecule has 0 bridgehead atoms. The zero-order valence-electron chi connectivity index (χ0n) is 8.06. The second-order valence-corrected chi connectivity index (χ2v) is 6.24. The summed E-state index contributed by atoms with van der Waals surface area (Å²) in [6.45, 7) is 0. The van der Waals surface area contributed by atoms with Gasteiger partial charge in [0.25, 0.3) is 0 Å². The lowest BCUT2D eigenvalue weighted by molar-refractivity contribution is 0.0652. The van der Waals surface area contributed by atoms with Gasteiger partial charge in [-0.15, -0.1) is 0 Å². The molecular weight excluding hydrogens is 232 g/mol. The van der Waals surface area contributed by atoms with Crippen LogP contribution in [0.4, 0.5) is 0 Å². The molecule has 0 spiro atoms. The van der Waals surface area contributed by atoms with Crippen LogP contribution >= 0.6 is 0 Å². The standard InChI is InChI=1S/C8H10O5Si2/c9-7(10)4-2-1-3-5(15-13-14)6(4)8(11)12/h1-3H,15H2,14H3,(H,9,10)(H,11,12). The predicted octanol–water partition coefficient (Wildman–Crippen LogP) is -1.91. The fourth-order valence-electron chi connectivity index (χ4n) is 1.31. The number of benzene rings is 1.